The second-order valence-corrected chi connectivity index (χ2v) is 6.47. The molecule has 0 N–H and O–H groups in total. The van der Waals surface area contributed by atoms with Gasteiger partial charge in [0, 0.05) is 31.1 Å². The fourth-order valence-corrected chi connectivity index (χ4v) is 3.29. The standard InChI is InChI=1S/C18H17NO4S/c20-15(16-6-3-11-24-16)8-9-18(22)23-14-5-1-4-13(12-14)19-10-2-7-17(19)21/h1,3-6,11-12H,2,7-10H2. The zero-order valence-corrected chi connectivity index (χ0v) is 13.9. The minimum Gasteiger partial charge on any atom is -0.426 e. The summed E-state index contributed by atoms with van der Waals surface area (Å²) >= 11 is 1.36. The highest BCUT2D eigenvalue weighted by atomic mass is 32.1. The van der Waals surface area contributed by atoms with Crippen molar-refractivity contribution < 1.29 is 19.1 Å². The lowest BCUT2D eigenvalue weighted by Crippen LogP contribution is -2.23. The van der Waals surface area contributed by atoms with Crippen LogP contribution in [0.25, 0.3) is 0 Å². The maximum Gasteiger partial charge on any atom is 0.311 e. The second-order valence-electron chi connectivity index (χ2n) is 5.52. The summed E-state index contributed by atoms with van der Waals surface area (Å²) in [6, 6.07) is 10.5. The van der Waals surface area contributed by atoms with Gasteiger partial charge in [-0.1, -0.05) is 12.1 Å². The van der Waals surface area contributed by atoms with E-state index in [1.807, 2.05) is 11.4 Å². The Morgan fingerprint density at radius 1 is 1.17 bits per heavy atom. The van der Waals surface area contributed by atoms with Crippen molar-refractivity contribution >= 4 is 34.7 Å². The number of amides is 1. The summed E-state index contributed by atoms with van der Waals surface area (Å²) in [5.74, 6) is -0.0380. The topological polar surface area (TPSA) is 63.7 Å². The zero-order chi connectivity index (χ0) is 16.9. The van der Waals surface area contributed by atoms with E-state index in [4.69, 9.17) is 4.74 Å². The predicted octanol–water partition coefficient (Wildman–Crippen LogP) is 3.44. The van der Waals surface area contributed by atoms with Crippen LogP contribution in [0.4, 0.5) is 5.69 Å². The van der Waals surface area contributed by atoms with Gasteiger partial charge in [-0.05, 0) is 30.0 Å². The second kappa shape index (κ2) is 7.40. The third-order valence-electron chi connectivity index (χ3n) is 3.79. The molecule has 1 aromatic heterocycles. The number of rotatable bonds is 6. The molecule has 1 fully saturated rings. The molecular formula is C18H17NO4S. The molecule has 0 unspecified atom stereocenters. The van der Waals surface area contributed by atoms with Crippen LogP contribution in [0.5, 0.6) is 5.75 Å². The maximum absolute atomic E-state index is 11.9. The van der Waals surface area contributed by atoms with Crippen molar-refractivity contribution in [2.45, 2.75) is 25.7 Å². The van der Waals surface area contributed by atoms with Gasteiger partial charge >= 0.3 is 5.97 Å². The van der Waals surface area contributed by atoms with Crippen molar-refractivity contribution in [2.75, 3.05) is 11.4 Å². The van der Waals surface area contributed by atoms with E-state index >= 15 is 0 Å². The molecule has 5 nitrogen and oxygen atoms in total. The number of benzene rings is 1. The Hall–Kier alpha value is -2.47. The fraction of sp³-hybridized carbons (Fsp3) is 0.278. The number of carbonyl (C=O) groups is 3. The molecule has 124 valence electrons. The minimum absolute atomic E-state index is 0.0314. The summed E-state index contributed by atoms with van der Waals surface area (Å²) in [4.78, 5) is 37.9. The molecule has 0 saturated carbocycles. The lowest BCUT2D eigenvalue weighted by atomic mass is 10.2. The molecule has 3 rings (SSSR count). The van der Waals surface area contributed by atoms with Gasteiger partial charge in [0.15, 0.2) is 5.78 Å². The van der Waals surface area contributed by atoms with Crippen LogP contribution in [0.3, 0.4) is 0 Å². The van der Waals surface area contributed by atoms with E-state index in [2.05, 4.69) is 0 Å². The molecule has 1 aromatic carbocycles. The highest BCUT2D eigenvalue weighted by Crippen LogP contribution is 2.25. The molecule has 0 radical (unpaired) electrons. The third kappa shape index (κ3) is 3.89. The van der Waals surface area contributed by atoms with Gasteiger partial charge in [0.25, 0.3) is 0 Å². The van der Waals surface area contributed by atoms with Gasteiger partial charge in [0.1, 0.15) is 5.75 Å². The van der Waals surface area contributed by atoms with E-state index in [1.54, 1.807) is 35.2 Å². The predicted molar refractivity (Wildman–Crippen MR) is 91.5 cm³/mol. The molecule has 2 aromatic rings. The highest BCUT2D eigenvalue weighted by molar-refractivity contribution is 7.12. The normalized spacial score (nSPS) is 14.0. The van der Waals surface area contributed by atoms with Crippen LogP contribution in [-0.4, -0.2) is 24.2 Å². The lowest BCUT2D eigenvalue weighted by Gasteiger charge is -2.16. The van der Waals surface area contributed by atoms with Gasteiger partial charge in [-0.3, -0.25) is 14.4 Å². The molecule has 2 heterocycles. The first kappa shape index (κ1) is 16.4. The number of hydrogen-bond acceptors (Lipinski definition) is 5. The molecule has 1 aliphatic rings. The summed E-state index contributed by atoms with van der Waals surface area (Å²) in [6.07, 6.45) is 1.55. The molecule has 0 atom stereocenters. The SMILES string of the molecule is O=C(CCC(=O)c1cccs1)Oc1cccc(N2CCCC2=O)c1. The van der Waals surface area contributed by atoms with E-state index in [0.29, 0.717) is 23.6 Å². The number of ketones is 1. The van der Waals surface area contributed by atoms with Crippen LogP contribution in [0.2, 0.25) is 0 Å². The van der Waals surface area contributed by atoms with E-state index in [9.17, 15) is 14.4 Å². The molecule has 0 aliphatic carbocycles. The first-order chi connectivity index (χ1) is 11.6. The van der Waals surface area contributed by atoms with Gasteiger partial charge in [-0.2, -0.15) is 0 Å². The van der Waals surface area contributed by atoms with Crippen molar-refractivity contribution in [3.63, 3.8) is 0 Å². The molecule has 1 saturated heterocycles. The molecule has 6 heteroatoms. The number of esters is 1. The first-order valence-corrected chi connectivity index (χ1v) is 8.69. The largest absolute Gasteiger partial charge is 0.426 e. The lowest BCUT2D eigenvalue weighted by molar-refractivity contribution is -0.134. The Bertz CT molecular complexity index is 754. The molecule has 0 bridgehead atoms. The van der Waals surface area contributed by atoms with Crippen LogP contribution in [0.15, 0.2) is 41.8 Å². The Balaban J connectivity index is 1.56. The summed E-state index contributed by atoms with van der Waals surface area (Å²) in [7, 11) is 0. The smallest absolute Gasteiger partial charge is 0.311 e. The van der Waals surface area contributed by atoms with Crippen LogP contribution in [0.1, 0.15) is 35.4 Å². The number of carbonyl (C=O) groups excluding carboxylic acids is 3. The summed E-state index contributed by atoms with van der Waals surface area (Å²) in [6.45, 7) is 0.686. The molecule has 24 heavy (non-hydrogen) atoms. The quantitative estimate of drug-likeness (QED) is 0.458. The summed E-state index contributed by atoms with van der Waals surface area (Å²) < 4.78 is 5.29. The Morgan fingerprint density at radius 2 is 2.04 bits per heavy atom. The summed E-state index contributed by atoms with van der Waals surface area (Å²) in [5.41, 5.74) is 0.734. The number of thiophene rings is 1. The van der Waals surface area contributed by atoms with Crippen LogP contribution in [0, 0.1) is 0 Å². The number of anilines is 1. The van der Waals surface area contributed by atoms with Crippen LogP contribution < -0.4 is 9.64 Å². The highest BCUT2D eigenvalue weighted by Gasteiger charge is 2.22. The van der Waals surface area contributed by atoms with E-state index in [-0.39, 0.29) is 24.5 Å². The minimum atomic E-state index is -0.454. The average molecular weight is 343 g/mol. The van der Waals surface area contributed by atoms with Crippen molar-refractivity contribution in [3.05, 3.63) is 46.7 Å². The Kier molecular flexibility index (Phi) is 5.05. The number of Topliss-reactive ketones (excluding diaryl/α,β-unsaturated/α-hetero) is 1. The first-order valence-electron chi connectivity index (χ1n) is 7.81. The Labute approximate surface area is 143 Å². The number of nitrogens with zero attached hydrogens (tertiary/aromatic N) is 1. The number of hydrogen-bond donors (Lipinski definition) is 0. The molecule has 1 aliphatic heterocycles. The monoisotopic (exact) mass is 343 g/mol. The van der Waals surface area contributed by atoms with E-state index in [1.165, 1.54) is 11.3 Å². The van der Waals surface area contributed by atoms with Crippen LogP contribution in [-0.2, 0) is 9.59 Å². The molecule has 0 spiro atoms. The van der Waals surface area contributed by atoms with Crippen molar-refractivity contribution in [3.8, 4) is 5.75 Å². The molecular weight excluding hydrogens is 326 g/mol. The van der Waals surface area contributed by atoms with Gasteiger partial charge in [-0.25, -0.2) is 0 Å². The third-order valence-corrected chi connectivity index (χ3v) is 4.70. The summed E-state index contributed by atoms with van der Waals surface area (Å²) in [5, 5.41) is 1.83. The van der Waals surface area contributed by atoms with Crippen molar-refractivity contribution in [2.24, 2.45) is 0 Å². The van der Waals surface area contributed by atoms with Crippen molar-refractivity contribution in [1.29, 1.82) is 0 Å². The van der Waals surface area contributed by atoms with E-state index < -0.39 is 5.97 Å². The molecule has 1 amide bonds. The zero-order valence-electron chi connectivity index (χ0n) is 13.1. The van der Waals surface area contributed by atoms with Gasteiger partial charge in [0.2, 0.25) is 5.91 Å². The average Bonchev–Trinajstić information content (AvgIpc) is 3.24. The fourth-order valence-electron chi connectivity index (χ4n) is 2.59. The van der Waals surface area contributed by atoms with E-state index in [0.717, 1.165) is 12.1 Å². The van der Waals surface area contributed by atoms with Gasteiger partial charge in [-0.15, -0.1) is 11.3 Å². The van der Waals surface area contributed by atoms with Crippen molar-refractivity contribution in [1.82, 2.24) is 0 Å². The van der Waals surface area contributed by atoms with Gasteiger partial charge in [0.05, 0.1) is 11.3 Å². The maximum atomic E-state index is 11.9. The Morgan fingerprint density at radius 3 is 2.75 bits per heavy atom. The van der Waals surface area contributed by atoms with Crippen LogP contribution >= 0.6 is 11.3 Å². The van der Waals surface area contributed by atoms with Gasteiger partial charge < -0.3 is 9.64 Å². The number of ether oxygens (including phenoxy) is 1.